The van der Waals surface area contributed by atoms with E-state index >= 15 is 0 Å². The number of hydrogen-bond donors (Lipinski definition) is 2. The van der Waals surface area contributed by atoms with Crippen molar-refractivity contribution < 1.29 is 14.6 Å². The minimum atomic E-state index is -1.18. The van der Waals surface area contributed by atoms with Crippen molar-refractivity contribution in [2.75, 3.05) is 30.4 Å². The van der Waals surface area contributed by atoms with Crippen LogP contribution in [0, 0.1) is 18.3 Å². The average Bonchev–Trinajstić information content (AvgIpc) is 2.84. The number of nitriles is 1. The number of aromatic carboxylic acids is 1. The Morgan fingerprint density at radius 2 is 2.00 bits per heavy atom. The number of carboxylic acids is 1. The number of fused-ring (bicyclic) bond motifs is 1. The molecule has 3 heterocycles. The molecule has 4 rings (SSSR count). The largest absolute Gasteiger partial charge is 0.476 e. The van der Waals surface area contributed by atoms with Gasteiger partial charge in [0.2, 0.25) is 0 Å². The van der Waals surface area contributed by atoms with E-state index < -0.39 is 5.97 Å². The predicted octanol–water partition coefficient (Wildman–Crippen LogP) is 4.73. The maximum atomic E-state index is 11.7. The lowest BCUT2D eigenvalue weighted by Crippen LogP contribution is -2.44. The SMILES string of the molecule is COC1(C)CCN(c2nc3c([C@@H](C)Nc4ccc(Cl)nc4C(=O)O)cc(C)cc3nc2C#N)CC1. The third kappa shape index (κ3) is 4.99. The summed E-state index contributed by atoms with van der Waals surface area (Å²) in [5, 5.41) is 22.7. The highest BCUT2D eigenvalue weighted by molar-refractivity contribution is 6.29. The molecule has 1 saturated heterocycles. The molecule has 0 aliphatic carbocycles. The van der Waals surface area contributed by atoms with Crippen molar-refractivity contribution in [2.45, 2.75) is 45.3 Å². The van der Waals surface area contributed by atoms with Crippen LogP contribution in [-0.2, 0) is 4.74 Å². The number of piperidine rings is 1. The Hall–Kier alpha value is -3.48. The number of carboxylic acid groups (broad SMARTS) is 1. The van der Waals surface area contributed by atoms with Gasteiger partial charge in [0.15, 0.2) is 17.2 Å². The van der Waals surface area contributed by atoms with Crippen molar-refractivity contribution in [3.05, 3.63) is 51.9 Å². The number of halogens is 1. The number of carbonyl (C=O) groups is 1. The number of aromatic nitrogens is 3. The van der Waals surface area contributed by atoms with E-state index in [4.69, 9.17) is 21.3 Å². The van der Waals surface area contributed by atoms with E-state index in [0.29, 0.717) is 35.6 Å². The van der Waals surface area contributed by atoms with E-state index in [-0.39, 0.29) is 28.2 Å². The van der Waals surface area contributed by atoms with Crippen LogP contribution in [0.5, 0.6) is 0 Å². The highest BCUT2D eigenvalue weighted by Crippen LogP contribution is 2.33. The number of methoxy groups -OCH3 is 1. The summed E-state index contributed by atoms with van der Waals surface area (Å²) in [7, 11) is 1.72. The predicted molar refractivity (Wildman–Crippen MR) is 134 cm³/mol. The van der Waals surface area contributed by atoms with Gasteiger partial charge in [0.1, 0.15) is 11.2 Å². The molecule has 1 atom stereocenters. The molecular weight excluding hydrogens is 468 g/mol. The summed E-state index contributed by atoms with van der Waals surface area (Å²) >= 11 is 5.90. The second-order valence-corrected chi connectivity index (χ2v) is 9.46. The number of nitrogens with zero attached hydrogens (tertiary/aromatic N) is 5. The Morgan fingerprint density at radius 1 is 1.29 bits per heavy atom. The zero-order valence-corrected chi connectivity index (χ0v) is 20.8. The number of ether oxygens (including phenoxy) is 1. The first-order valence-corrected chi connectivity index (χ1v) is 11.7. The molecule has 1 aliphatic rings. The molecule has 0 saturated carbocycles. The number of pyridine rings is 1. The van der Waals surface area contributed by atoms with Crippen LogP contribution in [0.4, 0.5) is 11.5 Å². The van der Waals surface area contributed by atoms with Gasteiger partial charge in [-0.1, -0.05) is 17.7 Å². The third-order valence-electron chi connectivity index (χ3n) is 6.55. The van der Waals surface area contributed by atoms with E-state index in [2.05, 4.69) is 33.2 Å². The Labute approximate surface area is 208 Å². The van der Waals surface area contributed by atoms with Gasteiger partial charge in [-0.05, 0) is 57.4 Å². The maximum Gasteiger partial charge on any atom is 0.356 e. The summed E-state index contributed by atoms with van der Waals surface area (Å²) in [5.74, 6) is -0.625. The molecule has 9 nitrogen and oxygen atoms in total. The Morgan fingerprint density at radius 3 is 2.63 bits per heavy atom. The molecule has 0 radical (unpaired) electrons. The van der Waals surface area contributed by atoms with E-state index in [1.807, 2.05) is 26.0 Å². The van der Waals surface area contributed by atoms with Crippen LogP contribution < -0.4 is 10.2 Å². The highest BCUT2D eigenvalue weighted by atomic mass is 35.5. The lowest BCUT2D eigenvalue weighted by atomic mass is 9.93. The van der Waals surface area contributed by atoms with E-state index in [1.54, 1.807) is 19.2 Å². The fraction of sp³-hybridized carbons (Fsp3) is 0.400. The molecule has 0 spiro atoms. The van der Waals surface area contributed by atoms with Gasteiger partial charge in [-0.15, -0.1) is 0 Å². The van der Waals surface area contributed by atoms with Crippen molar-refractivity contribution in [1.82, 2.24) is 15.0 Å². The van der Waals surface area contributed by atoms with Gasteiger partial charge in [0.05, 0.1) is 28.4 Å². The third-order valence-corrected chi connectivity index (χ3v) is 6.76. The van der Waals surface area contributed by atoms with Crippen LogP contribution in [0.2, 0.25) is 5.15 Å². The molecule has 35 heavy (non-hydrogen) atoms. The van der Waals surface area contributed by atoms with Gasteiger partial charge in [-0.2, -0.15) is 5.26 Å². The molecule has 0 unspecified atom stereocenters. The summed E-state index contributed by atoms with van der Waals surface area (Å²) in [5.41, 5.74) is 3.34. The van der Waals surface area contributed by atoms with Gasteiger partial charge in [0, 0.05) is 25.8 Å². The van der Waals surface area contributed by atoms with Crippen LogP contribution in [0.3, 0.4) is 0 Å². The molecule has 1 aromatic carbocycles. The molecule has 1 fully saturated rings. The second-order valence-electron chi connectivity index (χ2n) is 9.07. The number of hydrogen-bond acceptors (Lipinski definition) is 8. The first-order chi connectivity index (χ1) is 16.6. The van der Waals surface area contributed by atoms with Crippen molar-refractivity contribution in [2.24, 2.45) is 0 Å². The zero-order valence-electron chi connectivity index (χ0n) is 20.1. The summed E-state index contributed by atoms with van der Waals surface area (Å²) in [4.78, 5) is 27.3. The van der Waals surface area contributed by atoms with Crippen LogP contribution in [0.25, 0.3) is 11.0 Å². The van der Waals surface area contributed by atoms with Gasteiger partial charge in [0.25, 0.3) is 0 Å². The average molecular weight is 495 g/mol. The number of rotatable bonds is 6. The van der Waals surface area contributed by atoms with Crippen molar-refractivity contribution in [3.8, 4) is 6.07 Å². The Kier molecular flexibility index (Phi) is 6.79. The van der Waals surface area contributed by atoms with Crippen molar-refractivity contribution in [3.63, 3.8) is 0 Å². The van der Waals surface area contributed by atoms with Gasteiger partial charge >= 0.3 is 5.97 Å². The quantitative estimate of drug-likeness (QED) is 0.467. The summed E-state index contributed by atoms with van der Waals surface area (Å²) in [6.07, 6.45) is 1.63. The normalized spacial score (nSPS) is 16.1. The minimum Gasteiger partial charge on any atom is -0.476 e. The first-order valence-electron chi connectivity index (χ1n) is 11.3. The lowest BCUT2D eigenvalue weighted by molar-refractivity contribution is -0.0133. The second kappa shape index (κ2) is 9.64. The van der Waals surface area contributed by atoms with E-state index in [1.165, 1.54) is 0 Å². The van der Waals surface area contributed by atoms with Crippen molar-refractivity contribution in [1.29, 1.82) is 5.26 Å². The standard InChI is InChI=1S/C25H27ClN6O3/c1-14-11-16(15(2)28-17-5-6-20(26)30-22(17)24(33)34)21-18(12-14)29-19(13-27)23(31-21)32-9-7-25(3,35-4)8-10-32/h5-6,11-12,15,28H,7-10H2,1-4H3,(H,33,34)/t15-/m1/s1. The van der Waals surface area contributed by atoms with Gasteiger partial charge < -0.3 is 20.1 Å². The number of anilines is 2. The summed E-state index contributed by atoms with van der Waals surface area (Å²) < 4.78 is 5.65. The van der Waals surface area contributed by atoms with Crippen LogP contribution in [0.1, 0.15) is 60.0 Å². The van der Waals surface area contributed by atoms with Crippen molar-refractivity contribution >= 4 is 40.1 Å². The topological polar surface area (TPSA) is 124 Å². The lowest BCUT2D eigenvalue weighted by Gasteiger charge is -2.39. The smallest absolute Gasteiger partial charge is 0.356 e. The Bertz CT molecular complexity index is 1330. The summed E-state index contributed by atoms with van der Waals surface area (Å²) in [6, 6.07) is 8.90. The molecule has 2 aromatic heterocycles. The fourth-order valence-electron chi connectivity index (χ4n) is 4.37. The van der Waals surface area contributed by atoms with Crippen LogP contribution in [-0.4, -0.2) is 51.8 Å². The molecule has 0 bridgehead atoms. The molecule has 10 heteroatoms. The zero-order chi connectivity index (χ0) is 25.3. The molecule has 2 N–H and O–H groups in total. The monoisotopic (exact) mass is 494 g/mol. The fourth-order valence-corrected chi connectivity index (χ4v) is 4.52. The number of aryl methyl sites for hydroxylation is 1. The van der Waals surface area contributed by atoms with Crippen LogP contribution in [0.15, 0.2) is 24.3 Å². The van der Waals surface area contributed by atoms with E-state index in [0.717, 1.165) is 24.0 Å². The van der Waals surface area contributed by atoms with Gasteiger partial charge in [-0.3, -0.25) is 0 Å². The van der Waals surface area contributed by atoms with Gasteiger partial charge in [-0.25, -0.2) is 19.7 Å². The maximum absolute atomic E-state index is 11.7. The number of nitrogens with one attached hydrogen (secondary N) is 1. The first kappa shape index (κ1) is 24.6. The molecule has 0 amide bonds. The van der Waals surface area contributed by atoms with Crippen LogP contribution >= 0.6 is 11.6 Å². The molecular formula is C25H27ClN6O3. The summed E-state index contributed by atoms with van der Waals surface area (Å²) in [6.45, 7) is 7.35. The molecule has 182 valence electrons. The highest BCUT2D eigenvalue weighted by Gasteiger charge is 2.32. The Balaban J connectivity index is 1.76. The molecule has 3 aromatic rings. The minimum absolute atomic E-state index is 0.104. The van der Waals surface area contributed by atoms with E-state index in [9.17, 15) is 15.2 Å². The number of benzene rings is 1. The molecule has 1 aliphatic heterocycles.